The summed E-state index contributed by atoms with van der Waals surface area (Å²) in [6.45, 7) is 2.53. The second-order valence-electron chi connectivity index (χ2n) is 4.13. The predicted octanol–water partition coefficient (Wildman–Crippen LogP) is 2.01. The van der Waals surface area contributed by atoms with Gasteiger partial charge in [0, 0.05) is 26.0 Å². The summed E-state index contributed by atoms with van der Waals surface area (Å²) in [6.07, 6.45) is 0. The molecule has 20 heavy (non-hydrogen) atoms. The molecule has 1 aromatic rings. The van der Waals surface area contributed by atoms with Crippen molar-refractivity contribution in [2.45, 2.75) is 19.6 Å². The van der Waals surface area contributed by atoms with Gasteiger partial charge in [-0.2, -0.15) is 0 Å². The molecule has 0 amide bonds. The number of nitro groups is 1. The summed E-state index contributed by atoms with van der Waals surface area (Å²) in [5.41, 5.74) is -0.0881. The highest BCUT2D eigenvalue weighted by Crippen LogP contribution is 2.37. The van der Waals surface area contributed by atoms with Crippen molar-refractivity contribution < 1.29 is 29.0 Å². The lowest BCUT2D eigenvalue weighted by Gasteiger charge is -2.36. The predicted molar refractivity (Wildman–Crippen MR) is 64.6 cm³/mol. The summed E-state index contributed by atoms with van der Waals surface area (Å²) < 4.78 is 15.0. The average Bonchev–Trinajstić information content (AvgIpc) is 2.37. The van der Waals surface area contributed by atoms with E-state index in [1.165, 1.54) is 38.1 Å². The molecule has 1 aliphatic rings. The number of aliphatic hydroxyl groups is 1. The van der Waals surface area contributed by atoms with Crippen molar-refractivity contribution in [1.82, 2.24) is 0 Å². The highest BCUT2D eigenvalue weighted by atomic mass is 16.8. The zero-order chi connectivity index (χ0) is 14.9. The Morgan fingerprint density at radius 3 is 2.45 bits per heavy atom. The molecule has 1 heterocycles. The van der Waals surface area contributed by atoms with E-state index in [-0.39, 0.29) is 23.1 Å². The van der Waals surface area contributed by atoms with Crippen LogP contribution in [0.2, 0.25) is 0 Å². The van der Waals surface area contributed by atoms with Crippen molar-refractivity contribution in [3.63, 3.8) is 0 Å². The van der Waals surface area contributed by atoms with Crippen molar-refractivity contribution in [2.75, 3.05) is 0 Å². The Labute approximate surface area is 113 Å². The zero-order valence-electron chi connectivity index (χ0n) is 10.7. The maximum absolute atomic E-state index is 10.8. The lowest BCUT2D eigenvalue weighted by Crippen LogP contribution is -2.46. The molecule has 8 nitrogen and oxygen atoms in total. The molecule has 106 valence electrons. The largest absolute Gasteiger partial charge is 0.500 e. The number of ether oxygens (including phenoxy) is 3. The number of nitrogens with zero attached hydrogens (tertiary/aromatic N) is 1. The maximum atomic E-state index is 10.8. The van der Waals surface area contributed by atoms with Gasteiger partial charge in [-0.1, -0.05) is 0 Å². The fraction of sp³-hybridized carbons (Fsp3) is 0.250. The van der Waals surface area contributed by atoms with Gasteiger partial charge in [-0.3, -0.25) is 14.9 Å². The topological polar surface area (TPSA) is 108 Å². The van der Waals surface area contributed by atoms with Crippen LogP contribution in [0.3, 0.4) is 0 Å². The van der Waals surface area contributed by atoms with Gasteiger partial charge in [0.15, 0.2) is 0 Å². The van der Waals surface area contributed by atoms with Gasteiger partial charge in [0.05, 0.1) is 4.92 Å². The molecule has 0 aromatic heterocycles. The lowest BCUT2D eigenvalue weighted by molar-refractivity contribution is -0.384. The average molecular weight is 281 g/mol. The van der Waals surface area contributed by atoms with Crippen molar-refractivity contribution in [2.24, 2.45) is 0 Å². The van der Waals surface area contributed by atoms with E-state index in [1.54, 1.807) is 0 Å². The Balaban J connectivity index is 2.08. The van der Waals surface area contributed by atoms with Crippen molar-refractivity contribution in [3.8, 4) is 5.75 Å². The third-order valence-corrected chi connectivity index (χ3v) is 2.51. The highest BCUT2D eigenvalue weighted by Gasteiger charge is 2.50. The molecule has 0 fully saturated rings. The van der Waals surface area contributed by atoms with Crippen molar-refractivity contribution in [1.29, 1.82) is 0 Å². The molecule has 0 saturated heterocycles. The third kappa shape index (κ3) is 2.48. The first-order valence-electron chi connectivity index (χ1n) is 5.56. The Morgan fingerprint density at radius 1 is 1.40 bits per heavy atom. The van der Waals surface area contributed by atoms with Crippen LogP contribution in [0.1, 0.15) is 13.8 Å². The second-order valence-corrected chi connectivity index (χ2v) is 4.13. The zero-order valence-corrected chi connectivity index (χ0v) is 10.7. The number of carbonyl (C=O) groups excluding carboxylic acids is 1. The number of non-ortho nitro benzene ring substituents is 1. The van der Waals surface area contributed by atoms with Gasteiger partial charge in [-0.05, 0) is 12.1 Å². The minimum Gasteiger partial charge on any atom is -0.500 e. The van der Waals surface area contributed by atoms with E-state index in [0.29, 0.717) is 0 Å². The van der Waals surface area contributed by atoms with Crippen LogP contribution in [-0.2, 0) is 14.3 Å². The molecule has 0 radical (unpaired) electrons. The van der Waals surface area contributed by atoms with Gasteiger partial charge in [0.25, 0.3) is 11.4 Å². The van der Waals surface area contributed by atoms with Gasteiger partial charge < -0.3 is 19.3 Å². The fourth-order valence-electron chi connectivity index (χ4n) is 1.57. The van der Waals surface area contributed by atoms with E-state index in [1.807, 2.05) is 0 Å². The van der Waals surface area contributed by atoms with Crippen molar-refractivity contribution >= 4 is 11.7 Å². The molecule has 1 aromatic carbocycles. The standard InChI is InChI=1S/C12H11NO7/c1-7(14)19-12(2)10(15)11(20-12)18-9-5-3-8(4-6-9)13(16)17/h3-6,15H,1-2H3. The minimum absolute atomic E-state index is 0.0881. The smallest absolute Gasteiger partial charge is 0.336 e. The van der Waals surface area contributed by atoms with Crippen LogP contribution in [0.5, 0.6) is 5.75 Å². The first-order chi connectivity index (χ1) is 9.32. The summed E-state index contributed by atoms with van der Waals surface area (Å²) in [7, 11) is 0. The minimum atomic E-state index is -1.55. The van der Waals surface area contributed by atoms with Crippen LogP contribution in [0.4, 0.5) is 5.69 Å². The number of benzene rings is 1. The van der Waals surface area contributed by atoms with E-state index in [0.717, 1.165) is 0 Å². The summed E-state index contributed by atoms with van der Waals surface area (Å²) in [4.78, 5) is 20.8. The Morgan fingerprint density at radius 2 is 2.00 bits per heavy atom. The van der Waals surface area contributed by atoms with Crippen LogP contribution >= 0.6 is 0 Å². The number of esters is 1. The summed E-state index contributed by atoms with van der Waals surface area (Å²) in [5.74, 6) is -2.52. The molecule has 0 saturated carbocycles. The maximum Gasteiger partial charge on any atom is 0.336 e. The number of aliphatic hydroxyl groups excluding tert-OH is 1. The summed E-state index contributed by atoms with van der Waals surface area (Å²) in [6, 6.07) is 5.19. The molecule has 2 rings (SSSR count). The quantitative estimate of drug-likeness (QED) is 0.510. The Kier molecular flexibility index (Phi) is 3.23. The molecular formula is C12H11NO7. The number of hydrogen-bond donors (Lipinski definition) is 1. The second kappa shape index (κ2) is 4.72. The summed E-state index contributed by atoms with van der Waals surface area (Å²) >= 11 is 0. The molecule has 8 heteroatoms. The van der Waals surface area contributed by atoms with Crippen LogP contribution in [0.15, 0.2) is 36.0 Å². The van der Waals surface area contributed by atoms with E-state index < -0.39 is 16.7 Å². The first kappa shape index (κ1) is 13.7. The molecule has 0 spiro atoms. The Bertz CT molecular complexity index is 592. The number of carbonyl (C=O) groups is 1. The monoisotopic (exact) mass is 281 g/mol. The van der Waals surface area contributed by atoms with Crippen LogP contribution in [0, 0.1) is 10.1 Å². The first-order valence-corrected chi connectivity index (χ1v) is 5.56. The number of hydrogen-bond acceptors (Lipinski definition) is 7. The van der Waals surface area contributed by atoms with E-state index >= 15 is 0 Å². The lowest BCUT2D eigenvalue weighted by atomic mass is 10.2. The van der Waals surface area contributed by atoms with E-state index in [9.17, 15) is 20.0 Å². The molecule has 1 atom stereocenters. The van der Waals surface area contributed by atoms with Gasteiger partial charge >= 0.3 is 17.7 Å². The van der Waals surface area contributed by atoms with Gasteiger partial charge in [-0.25, -0.2) is 0 Å². The SMILES string of the molecule is CC(=O)OC1(C)OC(Oc2ccc([N+](=O)[O-])cc2)=C1O. The van der Waals surface area contributed by atoms with Crippen LogP contribution in [0.25, 0.3) is 0 Å². The summed E-state index contributed by atoms with van der Waals surface area (Å²) in [5, 5.41) is 20.2. The number of rotatable bonds is 4. The van der Waals surface area contributed by atoms with Crippen LogP contribution < -0.4 is 4.74 Å². The Hall–Kier alpha value is -2.77. The van der Waals surface area contributed by atoms with Gasteiger partial charge in [-0.15, -0.1) is 0 Å². The van der Waals surface area contributed by atoms with E-state index in [4.69, 9.17) is 14.2 Å². The van der Waals surface area contributed by atoms with Crippen LogP contribution in [-0.4, -0.2) is 21.8 Å². The normalized spacial score (nSPS) is 20.7. The molecular weight excluding hydrogens is 270 g/mol. The number of nitro benzene ring substituents is 1. The molecule has 0 aliphatic carbocycles. The fourth-order valence-corrected chi connectivity index (χ4v) is 1.57. The molecule has 1 unspecified atom stereocenters. The molecule has 1 aliphatic heterocycles. The highest BCUT2D eigenvalue weighted by molar-refractivity contribution is 5.67. The molecule has 0 bridgehead atoms. The molecule has 1 N–H and O–H groups in total. The van der Waals surface area contributed by atoms with Gasteiger partial charge in [0.2, 0.25) is 0 Å². The van der Waals surface area contributed by atoms with Crippen molar-refractivity contribution in [3.05, 3.63) is 46.1 Å². The van der Waals surface area contributed by atoms with Gasteiger partial charge in [0.1, 0.15) is 5.75 Å². The third-order valence-electron chi connectivity index (χ3n) is 2.51. The van der Waals surface area contributed by atoms with E-state index in [2.05, 4.69) is 0 Å².